The molecular weight excluding hydrogens is 380 g/mol. The number of aryl methyl sites for hydroxylation is 2. The van der Waals surface area contributed by atoms with Crippen LogP contribution < -0.4 is 10.6 Å². The van der Waals surface area contributed by atoms with Gasteiger partial charge in [0.05, 0.1) is 6.42 Å². The standard InChI is InChI=1S/C24H32N2O4/c1-15-4-3-5-16(2)22(15)26-20(27)14-30-21(28)6-7-25-23(29)24-11-17-8-18(12-24)10-19(9-17)13-24/h3-5,17-19H,6-14H2,1-2H3,(H,25,29)(H,26,27). The van der Waals surface area contributed by atoms with Crippen molar-refractivity contribution in [2.45, 2.75) is 58.8 Å². The van der Waals surface area contributed by atoms with Gasteiger partial charge in [-0.1, -0.05) is 18.2 Å². The van der Waals surface area contributed by atoms with E-state index in [1.54, 1.807) is 0 Å². The van der Waals surface area contributed by atoms with Crippen LogP contribution in [0, 0.1) is 37.0 Å². The van der Waals surface area contributed by atoms with Gasteiger partial charge in [0, 0.05) is 17.6 Å². The van der Waals surface area contributed by atoms with Gasteiger partial charge in [-0.05, 0) is 81.3 Å². The molecule has 0 aliphatic heterocycles. The Balaban J connectivity index is 1.18. The van der Waals surface area contributed by atoms with Gasteiger partial charge < -0.3 is 15.4 Å². The fraction of sp³-hybridized carbons (Fsp3) is 0.625. The smallest absolute Gasteiger partial charge is 0.308 e. The molecule has 4 saturated carbocycles. The summed E-state index contributed by atoms with van der Waals surface area (Å²) in [6.45, 7) is 3.77. The average Bonchev–Trinajstić information content (AvgIpc) is 2.68. The molecule has 0 atom stereocenters. The van der Waals surface area contributed by atoms with E-state index in [9.17, 15) is 14.4 Å². The lowest BCUT2D eigenvalue weighted by Crippen LogP contribution is -2.53. The summed E-state index contributed by atoms with van der Waals surface area (Å²) in [4.78, 5) is 37.0. The normalized spacial score (nSPS) is 28.8. The molecule has 1 aromatic carbocycles. The molecule has 4 aliphatic rings. The first-order valence-corrected chi connectivity index (χ1v) is 11.1. The zero-order valence-electron chi connectivity index (χ0n) is 18.0. The van der Waals surface area contributed by atoms with Gasteiger partial charge in [0.1, 0.15) is 0 Å². The van der Waals surface area contributed by atoms with Gasteiger partial charge in [-0.2, -0.15) is 0 Å². The fourth-order valence-corrected chi connectivity index (χ4v) is 6.26. The Bertz CT molecular complexity index is 792. The summed E-state index contributed by atoms with van der Waals surface area (Å²) >= 11 is 0. The van der Waals surface area contributed by atoms with Crippen LogP contribution in [0.1, 0.15) is 56.1 Å². The van der Waals surface area contributed by atoms with Gasteiger partial charge in [-0.15, -0.1) is 0 Å². The number of nitrogens with one attached hydrogen (secondary N) is 2. The maximum Gasteiger partial charge on any atom is 0.308 e. The molecule has 0 aromatic heterocycles. The quantitative estimate of drug-likeness (QED) is 0.671. The van der Waals surface area contributed by atoms with Crippen LogP contribution in [0.2, 0.25) is 0 Å². The molecule has 5 rings (SSSR count). The molecule has 2 amide bonds. The Morgan fingerprint density at radius 3 is 2.13 bits per heavy atom. The predicted octanol–water partition coefficient (Wildman–Crippen LogP) is 3.51. The number of ether oxygens (including phenoxy) is 1. The summed E-state index contributed by atoms with van der Waals surface area (Å²) < 4.78 is 5.08. The molecule has 0 saturated heterocycles. The maximum absolute atomic E-state index is 12.9. The lowest BCUT2D eigenvalue weighted by atomic mass is 9.49. The summed E-state index contributed by atoms with van der Waals surface area (Å²) in [6.07, 6.45) is 6.99. The molecule has 4 fully saturated rings. The molecule has 2 N–H and O–H groups in total. The van der Waals surface area contributed by atoms with Crippen molar-refractivity contribution in [2.75, 3.05) is 18.5 Å². The highest BCUT2D eigenvalue weighted by Crippen LogP contribution is 2.60. The number of esters is 1. The van der Waals surface area contributed by atoms with Crippen LogP contribution in [-0.4, -0.2) is 30.9 Å². The van der Waals surface area contributed by atoms with E-state index in [0.29, 0.717) is 17.8 Å². The lowest BCUT2D eigenvalue weighted by molar-refractivity contribution is -0.148. The number of carbonyl (C=O) groups excluding carboxylic acids is 3. The van der Waals surface area contributed by atoms with E-state index in [0.717, 1.165) is 36.1 Å². The van der Waals surface area contributed by atoms with Crippen molar-refractivity contribution >= 4 is 23.5 Å². The molecule has 0 radical (unpaired) electrons. The Labute approximate surface area is 178 Å². The summed E-state index contributed by atoms with van der Waals surface area (Å²) in [7, 11) is 0. The molecule has 162 valence electrons. The molecular formula is C24H32N2O4. The number of anilines is 1. The SMILES string of the molecule is Cc1cccc(C)c1NC(=O)COC(=O)CCNC(=O)C12CC3CC(CC(C3)C1)C2. The molecule has 6 heteroatoms. The minimum Gasteiger partial charge on any atom is -0.456 e. The molecule has 0 heterocycles. The van der Waals surface area contributed by atoms with E-state index in [-0.39, 0.29) is 36.8 Å². The highest BCUT2D eigenvalue weighted by molar-refractivity contribution is 5.94. The van der Waals surface area contributed by atoms with E-state index >= 15 is 0 Å². The third kappa shape index (κ3) is 4.37. The predicted molar refractivity (Wildman–Crippen MR) is 114 cm³/mol. The highest BCUT2D eigenvalue weighted by Gasteiger charge is 2.54. The topological polar surface area (TPSA) is 84.5 Å². The van der Waals surface area contributed by atoms with Crippen LogP contribution in [-0.2, 0) is 19.1 Å². The monoisotopic (exact) mass is 412 g/mol. The van der Waals surface area contributed by atoms with E-state index in [1.165, 1.54) is 19.3 Å². The van der Waals surface area contributed by atoms with Crippen LogP contribution in [0.25, 0.3) is 0 Å². The summed E-state index contributed by atoms with van der Waals surface area (Å²) in [5, 5.41) is 5.77. The van der Waals surface area contributed by atoms with Gasteiger partial charge >= 0.3 is 5.97 Å². The maximum atomic E-state index is 12.9. The van der Waals surface area contributed by atoms with E-state index in [2.05, 4.69) is 10.6 Å². The minimum absolute atomic E-state index is 0.0782. The van der Waals surface area contributed by atoms with Crippen molar-refractivity contribution in [3.63, 3.8) is 0 Å². The first kappa shape index (κ1) is 20.9. The zero-order chi connectivity index (χ0) is 21.3. The number of benzene rings is 1. The summed E-state index contributed by atoms with van der Waals surface area (Å²) in [5.74, 6) is 1.41. The van der Waals surface area contributed by atoms with E-state index in [4.69, 9.17) is 4.74 Å². The summed E-state index contributed by atoms with van der Waals surface area (Å²) in [5.41, 5.74) is 2.47. The van der Waals surface area contributed by atoms with Crippen molar-refractivity contribution < 1.29 is 19.1 Å². The second-order valence-electron chi connectivity index (χ2n) is 9.68. The Morgan fingerprint density at radius 2 is 1.57 bits per heavy atom. The third-order valence-corrected chi connectivity index (χ3v) is 7.24. The van der Waals surface area contributed by atoms with E-state index < -0.39 is 5.97 Å². The number of hydrogen-bond acceptors (Lipinski definition) is 4. The first-order chi connectivity index (χ1) is 14.3. The van der Waals surface area contributed by atoms with Crippen LogP contribution in [0.4, 0.5) is 5.69 Å². The largest absolute Gasteiger partial charge is 0.456 e. The van der Waals surface area contributed by atoms with Gasteiger partial charge in [-0.25, -0.2) is 0 Å². The van der Waals surface area contributed by atoms with Crippen molar-refractivity contribution in [1.82, 2.24) is 5.32 Å². The number of rotatable bonds is 7. The average molecular weight is 413 g/mol. The third-order valence-electron chi connectivity index (χ3n) is 7.24. The van der Waals surface area contributed by atoms with Gasteiger partial charge in [-0.3, -0.25) is 14.4 Å². The Hall–Kier alpha value is -2.37. The molecule has 1 aromatic rings. The second kappa shape index (κ2) is 8.40. The fourth-order valence-electron chi connectivity index (χ4n) is 6.26. The Kier molecular flexibility index (Phi) is 5.85. The van der Waals surface area contributed by atoms with Crippen LogP contribution in [0.15, 0.2) is 18.2 Å². The molecule has 30 heavy (non-hydrogen) atoms. The number of para-hydroxylation sites is 1. The van der Waals surface area contributed by atoms with Gasteiger partial charge in [0.25, 0.3) is 5.91 Å². The van der Waals surface area contributed by atoms with Crippen LogP contribution >= 0.6 is 0 Å². The van der Waals surface area contributed by atoms with Crippen molar-refractivity contribution in [3.05, 3.63) is 29.3 Å². The zero-order valence-corrected chi connectivity index (χ0v) is 18.0. The second-order valence-corrected chi connectivity index (χ2v) is 9.68. The first-order valence-electron chi connectivity index (χ1n) is 11.1. The number of carbonyl (C=O) groups is 3. The highest BCUT2D eigenvalue weighted by atomic mass is 16.5. The molecule has 0 unspecified atom stereocenters. The summed E-state index contributed by atoms with van der Waals surface area (Å²) in [6, 6.07) is 5.76. The van der Waals surface area contributed by atoms with Crippen LogP contribution in [0.3, 0.4) is 0 Å². The van der Waals surface area contributed by atoms with Crippen molar-refractivity contribution in [3.8, 4) is 0 Å². The Morgan fingerprint density at radius 1 is 1.00 bits per heavy atom. The molecule has 4 bridgehead atoms. The van der Waals surface area contributed by atoms with E-state index in [1.807, 2.05) is 32.0 Å². The number of hydrogen-bond donors (Lipinski definition) is 2. The lowest BCUT2D eigenvalue weighted by Gasteiger charge is -2.55. The van der Waals surface area contributed by atoms with Crippen molar-refractivity contribution in [1.29, 1.82) is 0 Å². The minimum atomic E-state index is -0.475. The number of amides is 2. The van der Waals surface area contributed by atoms with Gasteiger partial charge in [0.2, 0.25) is 5.91 Å². The van der Waals surface area contributed by atoms with Crippen LogP contribution in [0.5, 0.6) is 0 Å². The van der Waals surface area contributed by atoms with Crippen molar-refractivity contribution in [2.24, 2.45) is 23.2 Å². The molecule has 0 spiro atoms. The van der Waals surface area contributed by atoms with Gasteiger partial charge in [0.15, 0.2) is 6.61 Å². The molecule has 4 aliphatic carbocycles. The molecule has 6 nitrogen and oxygen atoms in total.